The highest BCUT2D eigenvalue weighted by Crippen LogP contribution is 2.26. The van der Waals surface area contributed by atoms with Crippen molar-refractivity contribution >= 4 is 40.5 Å². The normalized spacial score (nSPS) is 15.3. The van der Waals surface area contributed by atoms with Gasteiger partial charge in [-0.1, -0.05) is 35.3 Å². The molecule has 1 fully saturated rings. The molecular weight excluding hydrogens is 345 g/mol. The fraction of sp³-hybridized carbons (Fsp3) is 0.278. The zero-order valence-corrected chi connectivity index (χ0v) is 14.7. The van der Waals surface area contributed by atoms with Crippen molar-refractivity contribution in [3.63, 3.8) is 0 Å². The molecule has 0 radical (unpaired) electrons. The Morgan fingerprint density at radius 2 is 1.62 bits per heavy atom. The van der Waals surface area contributed by atoms with Crippen molar-refractivity contribution in [2.75, 3.05) is 42.9 Å². The van der Waals surface area contributed by atoms with Crippen LogP contribution in [0.5, 0.6) is 0 Å². The minimum atomic E-state index is -0.0106. The fourth-order valence-corrected chi connectivity index (χ4v) is 3.17. The molecule has 1 aliphatic rings. The van der Waals surface area contributed by atoms with Gasteiger partial charge in [0.2, 0.25) is 5.91 Å². The summed E-state index contributed by atoms with van der Waals surface area (Å²) in [6.45, 7) is 3.77. The summed E-state index contributed by atoms with van der Waals surface area (Å²) >= 11 is 12.1. The molecule has 0 atom stereocenters. The van der Waals surface area contributed by atoms with Crippen molar-refractivity contribution in [1.29, 1.82) is 0 Å². The van der Waals surface area contributed by atoms with Gasteiger partial charge in [-0.05, 0) is 36.4 Å². The van der Waals surface area contributed by atoms with Crippen LogP contribution < -0.4 is 10.2 Å². The van der Waals surface area contributed by atoms with Gasteiger partial charge < -0.3 is 10.2 Å². The molecule has 1 N–H and O–H groups in total. The van der Waals surface area contributed by atoms with E-state index in [0.29, 0.717) is 11.6 Å². The number of nitrogens with one attached hydrogen (secondary N) is 1. The Kier molecular flexibility index (Phi) is 5.61. The summed E-state index contributed by atoms with van der Waals surface area (Å²) < 4.78 is 0. The molecular formula is C18H19Cl2N3O. The van der Waals surface area contributed by atoms with Crippen LogP contribution in [0, 0.1) is 0 Å². The van der Waals surface area contributed by atoms with Crippen LogP contribution in [0.2, 0.25) is 10.0 Å². The zero-order valence-electron chi connectivity index (χ0n) is 13.2. The number of anilines is 2. The van der Waals surface area contributed by atoms with Gasteiger partial charge in [0.1, 0.15) is 0 Å². The van der Waals surface area contributed by atoms with E-state index in [0.717, 1.165) is 42.6 Å². The van der Waals surface area contributed by atoms with Crippen LogP contribution in [0.1, 0.15) is 0 Å². The predicted molar refractivity (Wildman–Crippen MR) is 100 cm³/mol. The lowest BCUT2D eigenvalue weighted by atomic mass is 10.2. The van der Waals surface area contributed by atoms with Crippen molar-refractivity contribution < 1.29 is 4.79 Å². The van der Waals surface area contributed by atoms with E-state index >= 15 is 0 Å². The number of carbonyl (C=O) groups is 1. The molecule has 4 nitrogen and oxygen atoms in total. The number of benzene rings is 2. The number of para-hydroxylation sites is 1. The third-order valence-electron chi connectivity index (χ3n) is 4.06. The van der Waals surface area contributed by atoms with E-state index in [2.05, 4.69) is 15.1 Å². The first kappa shape index (κ1) is 17.1. The first-order valence-electron chi connectivity index (χ1n) is 7.89. The molecule has 6 heteroatoms. The Morgan fingerprint density at radius 3 is 2.29 bits per heavy atom. The molecule has 0 spiro atoms. The second-order valence-electron chi connectivity index (χ2n) is 5.77. The summed E-state index contributed by atoms with van der Waals surface area (Å²) in [6.07, 6.45) is 0. The summed E-state index contributed by atoms with van der Waals surface area (Å²) in [6, 6.07) is 15.0. The molecule has 0 unspecified atom stereocenters. The van der Waals surface area contributed by atoms with Gasteiger partial charge >= 0.3 is 0 Å². The minimum absolute atomic E-state index is 0.0106. The summed E-state index contributed by atoms with van der Waals surface area (Å²) in [5.41, 5.74) is 1.82. The standard InChI is InChI=1S/C18H19Cl2N3O/c19-14-5-7-15(8-6-14)21-18(24)13-22-9-11-23(12-10-22)17-4-2-1-3-16(17)20/h1-8H,9-13H2,(H,21,24). The highest BCUT2D eigenvalue weighted by molar-refractivity contribution is 6.33. The monoisotopic (exact) mass is 363 g/mol. The molecule has 2 aromatic rings. The third kappa shape index (κ3) is 4.41. The van der Waals surface area contributed by atoms with Crippen molar-refractivity contribution in [1.82, 2.24) is 4.90 Å². The summed E-state index contributed by atoms with van der Waals surface area (Å²) in [4.78, 5) is 16.6. The van der Waals surface area contributed by atoms with Gasteiger partial charge in [0.05, 0.1) is 17.3 Å². The van der Waals surface area contributed by atoms with E-state index in [4.69, 9.17) is 23.2 Å². The average Bonchev–Trinajstić information content (AvgIpc) is 2.58. The smallest absolute Gasteiger partial charge is 0.238 e. The Hall–Kier alpha value is -1.75. The number of piperazine rings is 1. The highest BCUT2D eigenvalue weighted by Gasteiger charge is 2.20. The second-order valence-corrected chi connectivity index (χ2v) is 6.61. The van der Waals surface area contributed by atoms with E-state index in [1.54, 1.807) is 24.3 Å². The number of amides is 1. The van der Waals surface area contributed by atoms with Crippen molar-refractivity contribution in [2.45, 2.75) is 0 Å². The lowest BCUT2D eigenvalue weighted by Gasteiger charge is -2.36. The molecule has 0 aliphatic carbocycles. The molecule has 0 bridgehead atoms. The number of hydrogen-bond acceptors (Lipinski definition) is 3. The lowest BCUT2D eigenvalue weighted by molar-refractivity contribution is -0.117. The van der Waals surface area contributed by atoms with Crippen LogP contribution in [0.4, 0.5) is 11.4 Å². The van der Waals surface area contributed by atoms with Gasteiger partial charge in [0.15, 0.2) is 0 Å². The Bertz CT molecular complexity index is 698. The molecule has 1 saturated heterocycles. The first-order valence-corrected chi connectivity index (χ1v) is 8.65. The van der Waals surface area contributed by atoms with Crippen molar-refractivity contribution in [3.8, 4) is 0 Å². The fourth-order valence-electron chi connectivity index (χ4n) is 2.79. The number of hydrogen-bond donors (Lipinski definition) is 1. The maximum Gasteiger partial charge on any atom is 0.238 e. The zero-order chi connectivity index (χ0) is 16.9. The average molecular weight is 364 g/mol. The lowest BCUT2D eigenvalue weighted by Crippen LogP contribution is -2.48. The third-order valence-corrected chi connectivity index (χ3v) is 4.63. The Labute approximate surface area is 152 Å². The molecule has 24 heavy (non-hydrogen) atoms. The summed E-state index contributed by atoms with van der Waals surface area (Å²) in [7, 11) is 0. The van der Waals surface area contributed by atoms with E-state index in [-0.39, 0.29) is 5.91 Å². The largest absolute Gasteiger partial charge is 0.368 e. The molecule has 0 saturated carbocycles. The number of nitrogens with zero attached hydrogens (tertiary/aromatic N) is 2. The van der Waals surface area contributed by atoms with Gasteiger partial charge in [0.25, 0.3) is 0 Å². The molecule has 1 heterocycles. The molecule has 0 aromatic heterocycles. The summed E-state index contributed by atoms with van der Waals surface area (Å²) in [5, 5.41) is 4.32. The highest BCUT2D eigenvalue weighted by atomic mass is 35.5. The van der Waals surface area contributed by atoms with E-state index < -0.39 is 0 Å². The van der Waals surface area contributed by atoms with Crippen LogP contribution in [0.3, 0.4) is 0 Å². The van der Waals surface area contributed by atoms with E-state index in [1.807, 2.05) is 24.3 Å². The second kappa shape index (κ2) is 7.88. The molecule has 2 aromatic carbocycles. The number of halogens is 2. The number of rotatable bonds is 4. The Balaban J connectivity index is 1.49. The molecule has 3 rings (SSSR count). The van der Waals surface area contributed by atoms with Crippen LogP contribution in [0.15, 0.2) is 48.5 Å². The van der Waals surface area contributed by atoms with Gasteiger partial charge in [-0.15, -0.1) is 0 Å². The maximum atomic E-state index is 12.2. The van der Waals surface area contributed by atoms with Crippen LogP contribution in [0.25, 0.3) is 0 Å². The topological polar surface area (TPSA) is 35.6 Å². The van der Waals surface area contributed by atoms with E-state index in [9.17, 15) is 4.79 Å². The van der Waals surface area contributed by atoms with Gasteiger partial charge in [-0.25, -0.2) is 0 Å². The van der Waals surface area contributed by atoms with Crippen molar-refractivity contribution in [2.24, 2.45) is 0 Å². The van der Waals surface area contributed by atoms with Gasteiger partial charge in [-0.2, -0.15) is 0 Å². The number of carbonyl (C=O) groups excluding carboxylic acids is 1. The predicted octanol–water partition coefficient (Wildman–Crippen LogP) is 3.75. The van der Waals surface area contributed by atoms with Crippen molar-refractivity contribution in [3.05, 3.63) is 58.6 Å². The summed E-state index contributed by atoms with van der Waals surface area (Å²) in [5.74, 6) is -0.0106. The SMILES string of the molecule is O=C(CN1CCN(c2ccccc2Cl)CC1)Nc1ccc(Cl)cc1. The Morgan fingerprint density at radius 1 is 0.958 bits per heavy atom. The maximum absolute atomic E-state index is 12.2. The first-order chi connectivity index (χ1) is 11.6. The van der Waals surface area contributed by atoms with Crippen LogP contribution >= 0.6 is 23.2 Å². The quantitative estimate of drug-likeness (QED) is 0.898. The molecule has 126 valence electrons. The molecule has 1 amide bonds. The van der Waals surface area contributed by atoms with Gasteiger partial charge in [-0.3, -0.25) is 9.69 Å². The van der Waals surface area contributed by atoms with Crippen LogP contribution in [-0.2, 0) is 4.79 Å². The molecule has 1 aliphatic heterocycles. The van der Waals surface area contributed by atoms with Gasteiger partial charge in [0, 0.05) is 36.9 Å². The van der Waals surface area contributed by atoms with Crippen LogP contribution in [-0.4, -0.2) is 43.5 Å². The van der Waals surface area contributed by atoms with E-state index in [1.165, 1.54) is 0 Å². The minimum Gasteiger partial charge on any atom is -0.368 e.